The average molecular weight is 320 g/mol. The molecular weight excluding hydrogens is 296 g/mol. The molecule has 0 radical (unpaired) electrons. The molecule has 0 fully saturated rings. The Morgan fingerprint density at radius 2 is 1.75 bits per heavy atom. The van der Waals surface area contributed by atoms with Gasteiger partial charge in [0.15, 0.2) is 0 Å². The van der Waals surface area contributed by atoms with Gasteiger partial charge in [-0.05, 0) is 18.1 Å². The number of aryl methyl sites for hydroxylation is 1. The van der Waals surface area contributed by atoms with Gasteiger partial charge in [0.05, 0.1) is 5.56 Å². The van der Waals surface area contributed by atoms with E-state index in [1.54, 1.807) is 0 Å². The molecule has 0 aliphatic rings. The largest absolute Gasteiger partial charge is 0.348 e. The summed E-state index contributed by atoms with van der Waals surface area (Å²) in [6.07, 6.45) is 5.55. The van der Waals surface area contributed by atoms with Gasteiger partial charge in [-0.15, -0.1) is 0 Å². The molecule has 0 unspecified atom stereocenters. The second-order valence-electron chi connectivity index (χ2n) is 6.13. The lowest BCUT2D eigenvalue weighted by Gasteiger charge is -2.04. The van der Waals surface area contributed by atoms with Gasteiger partial charge in [-0.1, -0.05) is 68.3 Å². The summed E-state index contributed by atoms with van der Waals surface area (Å²) in [4.78, 5) is 12.7. The maximum atomic E-state index is 12.7. The molecule has 0 aliphatic carbocycles. The zero-order chi connectivity index (χ0) is 16.8. The van der Waals surface area contributed by atoms with Crippen molar-refractivity contribution in [3.63, 3.8) is 0 Å². The van der Waals surface area contributed by atoms with E-state index in [2.05, 4.69) is 22.9 Å². The van der Waals surface area contributed by atoms with Gasteiger partial charge in [0.1, 0.15) is 0 Å². The summed E-state index contributed by atoms with van der Waals surface area (Å²) >= 11 is 0. The van der Waals surface area contributed by atoms with E-state index in [9.17, 15) is 4.79 Å². The van der Waals surface area contributed by atoms with E-state index in [4.69, 9.17) is 0 Å². The number of aromatic nitrogens is 1. The second-order valence-corrected chi connectivity index (χ2v) is 6.13. The molecule has 0 atom stereocenters. The molecule has 3 aromatic rings. The topological polar surface area (TPSA) is 34.0 Å². The number of carbonyl (C=O) groups is 1. The highest BCUT2D eigenvalue weighted by Gasteiger charge is 2.14. The third-order valence-corrected chi connectivity index (χ3v) is 4.33. The van der Waals surface area contributed by atoms with Crippen LogP contribution >= 0.6 is 0 Å². The highest BCUT2D eigenvalue weighted by Crippen LogP contribution is 2.22. The van der Waals surface area contributed by atoms with Crippen molar-refractivity contribution in [1.82, 2.24) is 9.88 Å². The summed E-state index contributed by atoms with van der Waals surface area (Å²) < 4.78 is 2.21. The number of para-hydroxylation sites is 1. The van der Waals surface area contributed by atoms with Crippen molar-refractivity contribution in [3.05, 3.63) is 71.9 Å². The Morgan fingerprint density at radius 3 is 2.54 bits per heavy atom. The highest BCUT2D eigenvalue weighted by molar-refractivity contribution is 6.06. The lowest BCUT2D eigenvalue weighted by molar-refractivity contribution is 0.0952. The second kappa shape index (κ2) is 7.82. The van der Waals surface area contributed by atoms with Gasteiger partial charge in [-0.3, -0.25) is 4.79 Å². The maximum Gasteiger partial charge on any atom is 0.253 e. The van der Waals surface area contributed by atoms with E-state index in [1.807, 2.05) is 54.7 Å². The molecule has 2 aromatic carbocycles. The molecule has 3 nitrogen and oxygen atoms in total. The van der Waals surface area contributed by atoms with Crippen LogP contribution in [0.2, 0.25) is 0 Å². The summed E-state index contributed by atoms with van der Waals surface area (Å²) in [6, 6.07) is 18.1. The number of nitrogens with one attached hydrogen (secondary N) is 1. The van der Waals surface area contributed by atoms with E-state index in [-0.39, 0.29) is 5.91 Å². The average Bonchev–Trinajstić information content (AvgIpc) is 3.00. The van der Waals surface area contributed by atoms with Crippen LogP contribution in [0.5, 0.6) is 0 Å². The molecule has 1 heterocycles. The molecule has 0 aliphatic heterocycles. The van der Waals surface area contributed by atoms with Crippen LogP contribution in [0.3, 0.4) is 0 Å². The van der Waals surface area contributed by atoms with Gasteiger partial charge in [0.2, 0.25) is 0 Å². The molecule has 24 heavy (non-hydrogen) atoms. The monoisotopic (exact) mass is 320 g/mol. The number of hydrogen-bond acceptors (Lipinski definition) is 1. The smallest absolute Gasteiger partial charge is 0.253 e. The zero-order valence-electron chi connectivity index (χ0n) is 14.2. The van der Waals surface area contributed by atoms with Crippen LogP contribution < -0.4 is 5.32 Å². The lowest BCUT2D eigenvalue weighted by atomic mass is 10.1. The lowest BCUT2D eigenvalue weighted by Crippen LogP contribution is -2.22. The molecule has 0 saturated heterocycles. The Morgan fingerprint density at radius 1 is 1.00 bits per heavy atom. The number of rotatable bonds is 7. The molecule has 1 N–H and O–H groups in total. The fourth-order valence-electron chi connectivity index (χ4n) is 3.02. The van der Waals surface area contributed by atoms with Crippen LogP contribution in [0.25, 0.3) is 10.9 Å². The minimum Gasteiger partial charge on any atom is -0.348 e. The predicted octanol–water partition coefficient (Wildman–Crippen LogP) is 4.76. The van der Waals surface area contributed by atoms with Crippen LogP contribution in [0.15, 0.2) is 60.8 Å². The number of fused-ring (bicyclic) bond motifs is 1. The molecule has 0 saturated carbocycles. The molecule has 0 spiro atoms. The third-order valence-electron chi connectivity index (χ3n) is 4.33. The predicted molar refractivity (Wildman–Crippen MR) is 99.1 cm³/mol. The number of hydrogen-bond donors (Lipinski definition) is 1. The quantitative estimate of drug-likeness (QED) is 0.626. The SMILES string of the molecule is CCCCCn1cc(C(=O)NCc2ccccc2)c2ccccc21. The van der Waals surface area contributed by atoms with Crippen molar-refractivity contribution >= 4 is 16.8 Å². The number of amides is 1. The van der Waals surface area contributed by atoms with Crippen LogP contribution in [0.1, 0.15) is 42.1 Å². The van der Waals surface area contributed by atoms with Crippen molar-refractivity contribution in [2.45, 2.75) is 39.3 Å². The van der Waals surface area contributed by atoms with E-state index >= 15 is 0 Å². The molecule has 3 rings (SSSR count). The summed E-state index contributed by atoms with van der Waals surface area (Å²) in [5.41, 5.74) is 3.01. The minimum absolute atomic E-state index is 0.00991. The van der Waals surface area contributed by atoms with Gasteiger partial charge in [0, 0.05) is 30.2 Å². The first-order chi connectivity index (χ1) is 11.8. The standard InChI is InChI=1S/C21H24N2O/c1-2-3-9-14-23-16-19(18-12-7-8-13-20(18)23)21(24)22-15-17-10-5-4-6-11-17/h4-8,10-13,16H,2-3,9,14-15H2,1H3,(H,22,24). The maximum absolute atomic E-state index is 12.7. The van der Waals surface area contributed by atoms with Crippen molar-refractivity contribution < 1.29 is 4.79 Å². The highest BCUT2D eigenvalue weighted by atomic mass is 16.1. The summed E-state index contributed by atoms with van der Waals surface area (Å²) in [5.74, 6) is -0.00991. The fraction of sp³-hybridized carbons (Fsp3) is 0.286. The first-order valence-electron chi connectivity index (χ1n) is 8.69. The van der Waals surface area contributed by atoms with Crippen molar-refractivity contribution in [1.29, 1.82) is 0 Å². The molecular formula is C21H24N2O. The van der Waals surface area contributed by atoms with E-state index in [1.165, 1.54) is 12.8 Å². The van der Waals surface area contributed by atoms with Gasteiger partial charge in [-0.25, -0.2) is 0 Å². The normalized spacial score (nSPS) is 10.9. The first-order valence-corrected chi connectivity index (χ1v) is 8.69. The number of unbranched alkanes of at least 4 members (excludes halogenated alkanes) is 2. The van der Waals surface area contributed by atoms with Crippen LogP contribution in [0.4, 0.5) is 0 Å². The van der Waals surface area contributed by atoms with Crippen LogP contribution in [-0.2, 0) is 13.1 Å². The van der Waals surface area contributed by atoms with Gasteiger partial charge in [0.25, 0.3) is 5.91 Å². The molecule has 1 aromatic heterocycles. The molecule has 0 bridgehead atoms. The Kier molecular flexibility index (Phi) is 5.32. The van der Waals surface area contributed by atoms with Crippen LogP contribution in [0, 0.1) is 0 Å². The first kappa shape index (κ1) is 16.3. The Bertz CT molecular complexity index is 805. The summed E-state index contributed by atoms with van der Waals surface area (Å²) in [6.45, 7) is 3.71. The third kappa shape index (κ3) is 3.67. The summed E-state index contributed by atoms with van der Waals surface area (Å²) in [5, 5.41) is 4.06. The summed E-state index contributed by atoms with van der Waals surface area (Å²) in [7, 11) is 0. The Hall–Kier alpha value is -2.55. The molecule has 124 valence electrons. The van der Waals surface area contributed by atoms with E-state index in [0.717, 1.165) is 35.0 Å². The van der Waals surface area contributed by atoms with Gasteiger partial charge in [-0.2, -0.15) is 0 Å². The van der Waals surface area contributed by atoms with Crippen molar-refractivity contribution in [3.8, 4) is 0 Å². The number of nitrogens with zero attached hydrogens (tertiary/aromatic N) is 1. The minimum atomic E-state index is -0.00991. The molecule has 3 heteroatoms. The van der Waals surface area contributed by atoms with E-state index in [0.29, 0.717) is 6.54 Å². The van der Waals surface area contributed by atoms with Gasteiger partial charge < -0.3 is 9.88 Å². The number of benzene rings is 2. The van der Waals surface area contributed by atoms with Crippen LogP contribution in [-0.4, -0.2) is 10.5 Å². The van der Waals surface area contributed by atoms with E-state index < -0.39 is 0 Å². The Labute approximate surface area is 143 Å². The zero-order valence-corrected chi connectivity index (χ0v) is 14.2. The Balaban J connectivity index is 1.79. The van der Waals surface area contributed by atoms with Crippen molar-refractivity contribution in [2.24, 2.45) is 0 Å². The van der Waals surface area contributed by atoms with Crippen molar-refractivity contribution in [2.75, 3.05) is 0 Å². The fourth-order valence-corrected chi connectivity index (χ4v) is 3.02. The number of carbonyl (C=O) groups excluding carboxylic acids is 1. The van der Waals surface area contributed by atoms with Gasteiger partial charge >= 0.3 is 0 Å². The molecule has 1 amide bonds.